The van der Waals surface area contributed by atoms with E-state index in [1.54, 1.807) is 13.1 Å². The lowest BCUT2D eigenvalue weighted by Crippen LogP contribution is -2.50. The molecule has 0 unspecified atom stereocenters. The van der Waals surface area contributed by atoms with Gasteiger partial charge in [-0.15, -0.1) is 11.8 Å². The third-order valence-corrected chi connectivity index (χ3v) is 4.12. The minimum atomic E-state index is -0.390. The van der Waals surface area contributed by atoms with Crippen LogP contribution in [0.15, 0.2) is 40.7 Å². The van der Waals surface area contributed by atoms with Crippen LogP contribution < -0.4 is 10.6 Å². The first kappa shape index (κ1) is 16.4. The van der Waals surface area contributed by atoms with E-state index in [1.807, 2.05) is 25.1 Å². The minimum Gasteiger partial charge on any atom is -0.463 e. The molecule has 7 heteroatoms. The normalized spacial score (nSPS) is 17.7. The molecule has 0 aliphatic carbocycles. The number of carbonyl (C=O) groups excluding carboxylic acids is 2. The first-order valence-corrected chi connectivity index (χ1v) is 8.15. The van der Waals surface area contributed by atoms with Crippen LogP contribution in [0.4, 0.5) is 4.79 Å². The molecule has 118 valence electrons. The predicted octanol–water partition coefficient (Wildman–Crippen LogP) is 2.08. The van der Waals surface area contributed by atoms with Gasteiger partial charge in [0.1, 0.15) is 0 Å². The molecule has 0 fully saturated rings. The Hall–Kier alpha value is -2.02. The number of carbonyl (C=O) groups is 2. The highest BCUT2D eigenvalue weighted by Crippen LogP contribution is 2.23. The second kappa shape index (κ2) is 7.84. The average Bonchev–Trinajstić information content (AvgIpc) is 2.53. The Morgan fingerprint density at radius 3 is 2.86 bits per heavy atom. The van der Waals surface area contributed by atoms with Crippen LogP contribution in [0.3, 0.4) is 0 Å². The summed E-state index contributed by atoms with van der Waals surface area (Å²) in [6, 6.07) is 5.00. The van der Waals surface area contributed by atoms with Gasteiger partial charge in [-0.3, -0.25) is 0 Å². The molecule has 1 aromatic rings. The Bertz CT molecular complexity index is 575. The van der Waals surface area contributed by atoms with Crippen molar-refractivity contribution < 1.29 is 14.3 Å². The van der Waals surface area contributed by atoms with Crippen LogP contribution in [0.2, 0.25) is 0 Å². The van der Waals surface area contributed by atoms with Crippen molar-refractivity contribution in [1.82, 2.24) is 15.6 Å². The smallest absolute Gasteiger partial charge is 0.337 e. The molecule has 0 spiro atoms. The summed E-state index contributed by atoms with van der Waals surface area (Å²) >= 11 is 1.46. The number of pyridine rings is 1. The van der Waals surface area contributed by atoms with Gasteiger partial charge < -0.3 is 15.4 Å². The Labute approximate surface area is 133 Å². The highest BCUT2D eigenvalue weighted by molar-refractivity contribution is 7.99. The molecule has 22 heavy (non-hydrogen) atoms. The van der Waals surface area contributed by atoms with Crippen LogP contribution in [0.1, 0.15) is 20.3 Å². The second-order valence-electron chi connectivity index (χ2n) is 4.63. The summed E-state index contributed by atoms with van der Waals surface area (Å²) in [7, 11) is 0. The van der Waals surface area contributed by atoms with Gasteiger partial charge in [0.15, 0.2) is 0 Å². The molecule has 1 aliphatic rings. The molecule has 0 bridgehead atoms. The lowest BCUT2D eigenvalue weighted by atomic mass is 10.0. The van der Waals surface area contributed by atoms with E-state index in [9.17, 15) is 9.59 Å². The minimum absolute atomic E-state index is 0.295. The maximum absolute atomic E-state index is 12.2. The Morgan fingerprint density at radius 1 is 1.41 bits per heavy atom. The molecule has 1 atom stereocenters. The zero-order valence-corrected chi connectivity index (χ0v) is 13.4. The number of nitrogens with one attached hydrogen (secondary N) is 2. The third-order valence-electron chi connectivity index (χ3n) is 3.15. The third kappa shape index (κ3) is 4.00. The second-order valence-corrected chi connectivity index (χ2v) is 5.62. The molecule has 0 saturated carbocycles. The van der Waals surface area contributed by atoms with Crippen molar-refractivity contribution in [2.45, 2.75) is 31.3 Å². The zero-order chi connectivity index (χ0) is 15.9. The predicted molar refractivity (Wildman–Crippen MR) is 84.4 cm³/mol. The maximum Gasteiger partial charge on any atom is 0.337 e. The van der Waals surface area contributed by atoms with E-state index < -0.39 is 5.97 Å². The van der Waals surface area contributed by atoms with E-state index in [0.717, 1.165) is 5.03 Å². The van der Waals surface area contributed by atoms with Crippen molar-refractivity contribution in [3.8, 4) is 0 Å². The standard InChI is InChI=1S/C15H19N3O3S/c1-3-10-13(14(19)21-4-2)11(18-15(20)17-10)9-22-12-7-5-6-8-16-12/h5-8,10H,3-4,9H2,1-2H3,(H2,17,18,20)/t10-/m0/s1. The molecular formula is C15H19N3O3S. The van der Waals surface area contributed by atoms with Gasteiger partial charge in [0.2, 0.25) is 0 Å². The molecule has 0 aromatic carbocycles. The van der Waals surface area contributed by atoms with Gasteiger partial charge in [-0.05, 0) is 25.5 Å². The van der Waals surface area contributed by atoms with E-state index in [4.69, 9.17) is 4.74 Å². The molecular weight excluding hydrogens is 302 g/mol. The molecule has 2 heterocycles. The molecule has 2 rings (SSSR count). The SMILES string of the molecule is CCOC(=O)C1=C(CSc2ccccn2)NC(=O)N[C@H]1CC. The number of esters is 1. The van der Waals surface area contributed by atoms with Gasteiger partial charge in [0, 0.05) is 17.6 Å². The fraction of sp³-hybridized carbons (Fsp3) is 0.400. The van der Waals surface area contributed by atoms with Crippen LogP contribution in [-0.2, 0) is 9.53 Å². The van der Waals surface area contributed by atoms with Crippen molar-refractivity contribution in [3.63, 3.8) is 0 Å². The fourth-order valence-corrected chi connectivity index (χ4v) is 2.98. The summed E-state index contributed by atoms with van der Waals surface area (Å²) in [6.45, 7) is 3.98. The van der Waals surface area contributed by atoms with E-state index in [1.165, 1.54) is 11.8 Å². The number of ether oxygens (including phenoxy) is 1. The van der Waals surface area contributed by atoms with Crippen molar-refractivity contribution in [3.05, 3.63) is 35.7 Å². The van der Waals surface area contributed by atoms with Gasteiger partial charge in [-0.2, -0.15) is 0 Å². The number of hydrogen-bond donors (Lipinski definition) is 2. The molecule has 0 radical (unpaired) electrons. The van der Waals surface area contributed by atoms with Gasteiger partial charge in [0.05, 0.1) is 23.2 Å². The summed E-state index contributed by atoms with van der Waals surface area (Å²) in [6.07, 6.45) is 2.33. The monoisotopic (exact) mass is 321 g/mol. The summed E-state index contributed by atoms with van der Waals surface area (Å²) in [5.41, 5.74) is 1.08. The Morgan fingerprint density at radius 2 is 2.23 bits per heavy atom. The Balaban J connectivity index is 2.23. The summed E-state index contributed by atoms with van der Waals surface area (Å²) in [5.74, 6) is 0.0631. The molecule has 1 aromatic heterocycles. The number of amides is 2. The zero-order valence-electron chi connectivity index (χ0n) is 12.6. The first-order chi connectivity index (χ1) is 10.7. The molecule has 2 N–H and O–H groups in total. The van der Waals surface area contributed by atoms with Crippen molar-refractivity contribution in [2.24, 2.45) is 0 Å². The van der Waals surface area contributed by atoms with Crippen LogP contribution in [-0.4, -0.2) is 35.4 Å². The highest BCUT2D eigenvalue weighted by atomic mass is 32.2. The van der Waals surface area contributed by atoms with E-state index >= 15 is 0 Å². The quantitative estimate of drug-likeness (QED) is 0.619. The number of nitrogens with zero attached hydrogens (tertiary/aromatic N) is 1. The van der Waals surface area contributed by atoms with Crippen molar-refractivity contribution >= 4 is 23.8 Å². The first-order valence-electron chi connectivity index (χ1n) is 7.17. The van der Waals surface area contributed by atoms with Gasteiger partial charge in [-0.25, -0.2) is 14.6 Å². The molecule has 0 saturated heterocycles. The maximum atomic E-state index is 12.2. The largest absolute Gasteiger partial charge is 0.463 e. The molecule has 2 amide bonds. The van der Waals surface area contributed by atoms with Gasteiger partial charge >= 0.3 is 12.0 Å². The Kier molecular flexibility index (Phi) is 5.83. The van der Waals surface area contributed by atoms with Crippen LogP contribution in [0, 0.1) is 0 Å². The van der Waals surface area contributed by atoms with E-state index in [0.29, 0.717) is 30.1 Å². The van der Waals surface area contributed by atoms with Gasteiger partial charge in [0.25, 0.3) is 0 Å². The lowest BCUT2D eigenvalue weighted by Gasteiger charge is -2.28. The lowest BCUT2D eigenvalue weighted by molar-refractivity contribution is -0.139. The van der Waals surface area contributed by atoms with Crippen LogP contribution >= 0.6 is 11.8 Å². The van der Waals surface area contributed by atoms with E-state index in [-0.39, 0.29) is 12.1 Å². The van der Waals surface area contributed by atoms with Crippen LogP contribution in [0.5, 0.6) is 0 Å². The van der Waals surface area contributed by atoms with Crippen LogP contribution in [0.25, 0.3) is 0 Å². The number of thioether (sulfide) groups is 1. The summed E-state index contributed by atoms with van der Waals surface area (Å²) in [4.78, 5) is 28.2. The fourth-order valence-electron chi connectivity index (χ4n) is 2.15. The van der Waals surface area contributed by atoms with Crippen molar-refractivity contribution in [2.75, 3.05) is 12.4 Å². The van der Waals surface area contributed by atoms with Crippen molar-refractivity contribution in [1.29, 1.82) is 0 Å². The molecule has 1 aliphatic heterocycles. The number of hydrogen-bond acceptors (Lipinski definition) is 5. The average molecular weight is 321 g/mol. The van der Waals surface area contributed by atoms with E-state index in [2.05, 4.69) is 15.6 Å². The summed E-state index contributed by atoms with van der Waals surface area (Å²) < 4.78 is 5.12. The van der Waals surface area contributed by atoms with Gasteiger partial charge in [-0.1, -0.05) is 13.0 Å². The number of urea groups is 1. The topological polar surface area (TPSA) is 80.3 Å². The molecule has 6 nitrogen and oxygen atoms in total. The summed E-state index contributed by atoms with van der Waals surface area (Å²) in [5, 5.41) is 6.30. The number of rotatable bonds is 6. The number of aromatic nitrogens is 1. The highest BCUT2D eigenvalue weighted by Gasteiger charge is 2.31.